The molecule has 0 aromatic rings. The summed E-state index contributed by atoms with van der Waals surface area (Å²) in [4.78, 5) is 5.51. The average molecular weight is 251 g/mol. The first-order chi connectivity index (χ1) is 8.61. The van der Waals surface area contributed by atoms with E-state index in [1.165, 1.54) is 45.4 Å². The molecule has 0 radical (unpaired) electrons. The standard InChI is InChI=1S/C15H29N3/c1-4-15(3)11-18(12(2)9-16-15)14-10-17-7-5-13(14)6-8-17/h12-14,16H,4-11H2,1-3H3. The van der Waals surface area contributed by atoms with Crippen molar-refractivity contribution in [1.82, 2.24) is 15.1 Å². The third kappa shape index (κ3) is 2.21. The second kappa shape index (κ2) is 4.77. The quantitative estimate of drug-likeness (QED) is 0.803. The minimum Gasteiger partial charge on any atom is -0.309 e. The number of rotatable bonds is 2. The zero-order valence-electron chi connectivity index (χ0n) is 12.3. The molecule has 1 N–H and O–H groups in total. The maximum absolute atomic E-state index is 3.75. The highest BCUT2D eigenvalue weighted by atomic mass is 15.3. The van der Waals surface area contributed by atoms with Gasteiger partial charge in [-0.1, -0.05) is 6.92 Å². The van der Waals surface area contributed by atoms with Crippen molar-refractivity contribution in [3.63, 3.8) is 0 Å². The molecule has 18 heavy (non-hydrogen) atoms. The van der Waals surface area contributed by atoms with Crippen LogP contribution in [0.15, 0.2) is 0 Å². The molecular formula is C15H29N3. The van der Waals surface area contributed by atoms with Gasteiger partial charge in [0.25, 0.3) is 0 Å². The summed E-state index contributed by atoms with van der Waals surface area (Å²) >= 11 is 0. The van der Waals surface area contributed by atoms with Crippen molar-refractivity contribution < 1.29 is 0 Å². The molecular weight excluding hydrogens is 222 g/mol. The molecule has 0 aromatic heterocycles. The molecule has 0 saturated carbocycles. The summed E-state index contributed by atoms with van der Waals surface area (Å²) in [5.74, 6) is 0.969. The van der Waals surface area contributed by atoms with Crippen LogP contribution in [0.25, 0.3) is 0 Å². The number of hydrogen-bond donors (Lipinski definition) is 1. The molecule has 3 heteroatoms. The van der Waals surface area contributed by atoms with E-state index in [0.29, 0.717) is 11.6 Å². The van der Waals surface area contributed by atoms with Crippen LogP contribution in [0.5, 0.6) is 0 Å². The molecule has 0 aromatic carbocycles. The van der Waals surface area contributed by atoms with E-state index in [9.17, 15) is 0 Å². The highest BCUT2D eigenvalue weighted by molar-refractivity contribution is 5.00. The van der Waals surface area contributed by atoms with Crippen molar-refractivity contribution in [2.24, 2.45) is 5.92 Å². The van der Waals surface area contributed by atoms with Gasteiger partial charge in [0.1, 0.15) is 0 Å². The molecule has 4 saturated heterocycles. The van der Waals surface area contributed by atoms with Gasteiger partial charge in [0.15, 0.2) is 0 Å². The van der Waals surface area contributed by atoms with E-state index in [4.69, 9.17) is 0 Å². The van der Waals surface area contributed by atoms with E-state index in [1.54, 1.807) is 0 Å². The van der Waals surface area contributed by atoms with E-state index in [0.717, 1.165) is 18.5 Å². The molecule has 0 spiro atoms. The normalized spacial score (nSPS) is 49.5. The number of piperazine rings is 1. The van der Waals surface area contributed by atoms with Gasteiger partial charge < -0.3 is 10.2 Å². The van der Waals surface area contributed by atoms with E-state index in [2.05, 4.69) is 35.9 Å². The van der Waals surface area contributed by atoms with Gasteiger partial charge in [0.2, 0.25) is 0 Å². The minimum atomic E-state index is 0.332. The molecule has 0 aliphatic carbocycles. The van der Waals surface area contributed by atoms with E-state index in [-0.39, 0.29) is 0 Å². The topological polar surface area (TPSA) is 18.5 Å². The first kappa shape index (κ1) is 12.9. The Labute approximate surface area is 112 Å². The van der Waals surface area contributed by atoms with Crippen LogP contribution in [0.3, 0.4) is 0 Å². The minimum absolute atomic E-state index is 0.332. The third-order valence-electron chi connectivity index (χ3n) is 5.75. The summed E-state index contributed by atoms with van der Waals surface area (Å²) in [6.07, 6.45) is 4.10. The van der Waals surface area contributed by atoms with Crippen molar-refractivity contribution in [2.75, 3.05) is 32.7 Å². The molecule has 2 bridgehead atoms. The number of piperidine rings is 3. The maximum Gasteiger partial charge on any atom is 0.0278 e. The number of nitrogens with one attached hydrogen (secondary N) is 1. The van der Waals surface area contributed by atoms with Crippen LogP contribution in [0.2, 0.25) is 0 Å². The summed E-state index contributed by atoms with van der Waals surface area (Å²) in [6, 6.07) is 1.53. The summed E-state index contributed by atoms with van der Waals surface area (Å²) in [5, 5.41) is 3.75. The van der Waals surface area contributed by atoms with Crippen molar-refractivity contribution in [3.05, 3.63) is 0 Å². The molecule has 3 unspecified atom stereocenters. The Morgan fingerprint density at radius 2 is 2.00 bits per heavy atom. The fourth-order valence-corrected chi connectivity index (χ4v) is 4.12. The predicted octanol–water partition coefficient (Wildman–Crippen LogP) is 1.54. The Morgan fingerprint density at radius 3 is 2.56 bits per heavy atom. The van der Waals surface area contributed by atoms with Gasteiger partial charge >= 0.3 is 0 Å². The zero-order chi connectivity index (χ0) is 12.8. The van der Waals surface area contributed by atoms with Gasteiger partial charge in [-0.25, -0.2) is 0 Å². The van der Waals surface area contributed by atoms with Gasteiger partial charge in [-0.2, -0.15) is 0 Å². The van der Waals surface area contributed by atoms with Crippen LogP contribution < -0.4 is 5.32 Å². The average Bonchev–Trinajstić information content (AvgIpc) is 2.43. The Balaban J connectivity index is 1.73. The summed E-state index contributed by atoms with van der Waals surface area (Å²) in [5.41, 5.74) is 0.332. The molecule has 4 heterocycles. The molecule has 4 aliphatic rings. The molecule has 4 rings (SSSR count). The van der Waals surface area contributed by atoms with Crippen LogP contribution >= 0.6 is 0 Å². The Kier molecular flexibility index (Phi) is 3.41. The summed E-state index contributed by atoms with van der Waals surface area (Å²) < 4.78 is 0. The first-order valence-electron chi connectivity index (χ1n) is 7.84. The lowest BCUT2D eigenvalue weighted by molar-refractivity contribution is -0.0390. The molecule has 3 nitrogen and oxygen atoms in total. The van der Waals surface area contributed by atoms with E-state index >= 15 is 0 Å². The van der Waals surface area contributed by atoms with Crippen molar-refractivity contribution in [3.8, 4) is 0 Å². The smallest absolute Gasteiger partial charge is 0.0278 e. The van der Waals surface area contributed by atoms with Gasteiger partial charge in [-0.3, -0.25) is 4.90 Å². The van der Waals surface area contributed by atoms with Crippen LogP contribution in [0, 0.1) is 5.92 Å². The fraction of sp³-hybridized carbons (Fsp3) is 1.00. The van der Waals surface area contributed by atoms with Crippen LogP contribution in [-0.2, 0) is 0 Å². The van der Waals surface area contributed by atoms with Crippen LogP contribution in [-0.4, -0.2) is 60.1 Å². The third-order valence-corrected chi connectivity index (χ3v) is 5.75. The second-order valence-corrected chi connectivity index (χ2v) is 7.02. The van der Waals surface area contributed by atoms with E-state index < -0.39 is 0 Å². The SMILES string of the molecule is CCC1(C)CN(C2CN3CCC2CC3)C(C)CN1. The molecule has 3 atom stereocenters. The van der Waals surface area contributed by atoms with Crippen LogP contribution in [0.4, 0.5) is 0 Å². The Hall–Kier alpha value is -0.120. The lowest BCUT2D eigenvalue weighted by atomic mass is 9.81. The maximum atomic E-state index is 3.75. The molecule has 0 amide bonds. The molecule has 4 fully saturated rings. The van der Waals surface area contributed by atoms with Gasteiger partial charge in [-0.05, 0) is 52.1 Å². The van der Waals surface area contributed by atoms with Gasteiger partial charge in [0.05, 0.1) is 0 Å². The first-order valence-corrected chi connectivity index (χ1v) is 7.84. The second-order valence-electron chi connectivity index (χ2n) is 7.02. The van der Waals surface area contributed by atoms with E-state index in [1.807, 2.05) is 0 Å². The highest BCUT2D eigenvalue weighted by Crippen LogP contribution is 2.34. The van der Waals surface area contributed by atoms with Crippen molar-refractivity contribution >= 4 is 0 Å². The monoisotopic (exact) mass is 251 g/mol. The lowest BCUT2D eigenvalue weighted by Gasteiger charge is -2.55. The van der Waals surface area contributed by atoms with Crippen molar-refractivity contribution in [2.45, 2.75) is 57.7 Å². The van der Waals surface area contributed by atoms with Crippen LogP contribution in [0.1, 0.15) is 40.0 Å². The number of hydrogen-bond acceptors (Lipinski definition) is 3. The zero-order valence-corrected chi connectivity index (χ0v) is 12.3. The molecule has 4 aliphatic heterocycles. The number of fused-ring (bicyclic) bond motifs is 3. The summed E-state index contributed by atoms with van der Waals surface area (Å²) in [6.45, 7) is 13.5. The summed E-state index contributed by atoms with van der Waals surface area (Å²) in [7, 11) is 0. The largest absolute Gasteiger partial charge is 0.309 e. The molecule has 104 valence electrons. The predicted molar refractivity (Wildman–Crippen MR) is 75.8 cm³/mol. The highest BCUT2D eigenvalue weighted by Gasteiger charge is 2.42. The van der Waals surface area contributed by atoms with Crippen molar-refractivity contribution in [1.29, 1.82) is 0 Å². The Morgan fingerprint density at radius 1 is 1.28 bits per heavy atom. The Bertz CT molecular complexity index is 298. The van der Waals surface area contributed by atoms with Gasteiger partial charge in [-0.15, -0.1) is 0 Å². The lowest BCUT2D eigenvalue weighted by Crippen LogP contribution is -2.68. The number of nitrogens with zero attached hydrogens (tertiary/aromatic N) is 2. The van der Waals surface area contributed by atoms with Gasteiger partial charge in [0, 0.05) is 37.3 Å². The fourth-order valence-electron chi connectivity index (χ4n) is 4.12.